The Labute approximate surface area is 105 Å². The van der Waals surface area contributed by atoms with Crippen LogP contribution in [0.1, 0.15) is 5.56 Å². The fourth-order valence-electron chi connectivity index (χ4n) is 1.32. The van der Waals surface area contributed by atoms with Gasteiger partial charge in [-0.05, 0) is 30.2 Å². The SMILES string of the molecule is COc1ccc(CCNC(=O)/C=C/C(=O)[O-])cc1. The summed E-state index contributed by atoms with van der Waals surface area (Å²) in [4.78, 5) is 21.2. The van der Waals surface area contributed by atoms with Crippen LogP contribution in [0.5, 0.6) is 5.75 Å². The number of carbonyl (C=O) groups excluding carboxylic acids is 2. The molecule has 5 nitrogen and oxygen atoms in total. The first-order chi connectivity index (χ1) is 8.61. The minimum Gasteiger partial charge on any atom is -0.545 e. The Hall–Kier alpha value is -2.30. The van der Waals surface area contributed by atoms with E-state index in [0.29, 0.717) is 19.0 Å². The number of carboxylic acids is 1. The van der Waals surface area contributed by atoms with E-state index in [1.165, 1.54) is 0 Å². The van der Waals surface area contributed by atoms with Crippen molar-refractivity contribution < 1.29 is 19.4 Å². The van der Waals surface area contributed by atoms with Gasteiger partial charge in [-0.15, -0.1) is 0 Å². The molecule has 0 aliphatic rings. The monoisotopic (exact) mass is 248 g/mol. The molecule has 1 N–H and O–H groups in total. The predicted octanol–water partition coefficient (Wildman–Crippen LogP) is -0.340. The molecule has 0 saturated heterocycles. The maximum atomic E-state index is 11.1. The third-order valence-corrected chi connectivity index (χ3v) is 2.24. The van der Waals surface area contributed by atoms with Crippen LogP contribution in [0.2, 0.25) is 0 Å². The third kappa shape index (κ3) is 5.16. The van der Waals surface area contributed by atoms with Crippen molar-refractivity contribution in [1.82, 2.24) is 5.32 Å². The summed E-state index contributed by atoms with van der Waals surface area (Å²) in [6.07, 6.45) is 2.29. The molecule has 0 fully saturated rings. The standard InChI is InChI=1S/C13H15NO4/c1-18-11-4-2-10(3-5-11)8-9-14-12(15)6-7-13(16)17/h2-7H,8-9H2,1H3,(H,14,15)(H,16,17)/p-1/b7-6+. The first kappa shape index (κ1) is 13.8. The lowest BCUT2D eigenvalue weighted by Crippen LogP contribution is -2.25. The summed E-state index contributed by atoms with van der Waals surface area (Å²) in [6, 6.07) is 7.49. The van der Waals surface area contributed by atoms with Gasteiger partial charge in [-0.1, -0.05) is 12.1 Å². The Morgan fingerprint density at radius 1 is 1.28 bits per heavy atom. The van der Waals surface area contributed by atoms with E-state index >= 15 is 0 Å². The first-order valence-electron chi connectivity index (χ1n) is 5.41. The minimum absolute atomic E-state index is 0.433. The quantitative estimate of drug-likeness (QED) is 0.699. The largest absolute Gasteiger partial charge is 0.545 e. The van der Waals surface area contributed by atoms with Crippen LogP contribution in [-0.2, 0) is 16.0 Å². The highest BCUT2D eigenvalue weighted by atomic mass is 16.5. The van der Waals surface area contributed by atoms with E-state index in [9.17, 15) is 14.7 Å². The molecule has 1 rings (SSSR count). The second kappa shape index (κ2) is 7.11. The molecule has 0 spiro atoms. The van der Waals surface area contributed by atoms with Crippen LogP contribution >= 0.6 is 0 Å². The maximum Gasteiger partial charge on any atom is 0.244 e. The van der Waals surface area contributed by atoms with Crippen molar-refractivity contribution in [3.05, 3.63) is 42.0 Å². The molecule has 1 amide bonds. The van der Waals surface area contributed by atoms with Gasteiger partial charge in [-0.2, -0.15) is 0 Å². The fraction of sp³-hybridized carbons (Fsp3) is 0.231. The zero-order valence-electron chi connectivity index (χ0n) is 10.0. The van der Waals surface area contributed by atoms with Crippen molar-refractivity contribution in [3.8, 4) is 5.75 Å². The maximum absolute atomic E-state index is 11.1. The summed E-state index contributed by atoms with van der Waals surface area (Å²) in [7, 11) is 1.60. The number of rotatable bonds is 6. The number of benzene rings is 1. The van der Waals surface area contributed by atoms with Crippen molar-refractivity contribution in [2.45, 2.75) is 6.42 Å². The van der Waals surface area contributed by atoms with E-state index in [2.05, 4.69) is 5.32 Å². The lowest BCUT2D eigenvalue weighted by atomic mass is 10.1. The number of carbonyl (C=O) groups is 2. The normalized spacial score (nSPS) is 10.3. The molecule has 0 heterocycles. The van der Waals surface area contributed by atoms with Gasteiger partial charge in [0.15, 0.2) is 0 Å². The number of nitrogens with one attached hydrogen (secondary N) is 1. The van der Waals surface area contributed by atoms with Crippen molar-refractivity contribution in [2.75, 3.05) is 13.7 Å². The molecule has 18 heavy (non-hydrogen) atoms. The van der Waals surface area contributed by atoms with Crippen LogP contribution < -0.4 is 15.2 Å². The second-order valence-corrected chi connectivity index (χ2v) is 3.54. The average molecular weight is 248 g/mol. The lowest BCUT2D eigenvalue weighted by Gasteiger charge is -2.04. The lowest BCUT2D eigenvalue weighted by molar-refractivity contribution is -0.297. The summed E-state index contributed by atoms with van der Waals surface area (Å²) in [5.74, 6) is -1.06. The van der Waals surface area contributed by atoms with Crippen LogP contribution in [0.4, 0.5) is 0 Å². The van der Waals surface area contributed by atoms with Crippen LogP contribution in [0, 0.1) is 0 Å². The van der Waals surface area contributed by atoms with Gasteiger partial charge in [0.05, 0.1) is 13.1 Å². The number of aliphatic carboxylic acids is 1. The number of methoxy groups -OCH3 is 1. The highest BCUT2D eigenvalue weighted by Crippen LogP contribution is 2.11. The molecule has 96 valence electrons. The molecular weight excluding hydrogens is 234 g/mol. The average Bonchev–Trinajstić information content (AvgIpc) is 2.37. The van der Waals surface area contributed by atoms with Crippen LogP contribution in [0.15, 0.2) is 36.4 Å². The molecule has 0 radical (unpaired) electrons. The van der Waals surface area contributed by atoms with Gasteiger partial charge in [0.2, 0.25) is 5.91 Å². The van der Waals surface area contributed by atoms with Gasteiger partial charge in [-0.3, -0.25) is 4.79 Å². The molecule has 5 heteroatoms. The van der Waals surface area contributed by atoms with Crippen LogP contribution in [-0.4, -0.2) is 25.5 Å². The van der Waals surface area contributed by atoms with Crippen molar-refractivity contribution >= 4 is 11.9 Å². The molecular formula is C13H14NO4-. The summed E-state index contributed by atoms with van der Waals surface area (Å²) in [5, 5.41) is 12.6. The molecule has 0 aliphatic heterocycles. The summed E-state index contributed by atoms with van der Waals surface area (Å²) in [6.45, 7) is 0.433. The Morgan fingerprint density at radius 2 is 1.94 bits per heavy atom. The van der Waals surface area contributed by atoms with Gasteiger partial charge in [0.1, 0.15) is 5.75 Å². The Kier molecular flexibility index (Phi) is 5.44. The molecule has 0 unspecified atom stereocenters. The Morgan fingerprint density at radius 3 is 2.50 bits per heavy atom. The van der Waals surface area contributed by atoms with Gasteiger partial charge in [0.25, 0.3) is 0 Å². The van der Waals surface area contributed by atoms with Crippen LogP contribution in [0.25, 0.3) is 0 Å². The second-order valence-electron chi connectivity index (χ2n) is 3.54. The topological polar surface area (TPSA) is 78.5 Å². The number of amides is 1. The van der Waals surface area contributed by atoms with Gasteiger partial charge >= 0.3 is 0 Å². The van der Waals surface area contributed by atoms with E-state index in [-0.39, 0.29) is 0 Å². The molecule has 0 aliphatic carbocycles. The van der Waals surface area contributed by atoms with Gasteiger partial charge in [0, 0.05) is 12.6 Å². The number of hydrogen-bond donors (Lipinski definition) is 1. The molecule has 0 atom stereocenters. The smallest absolute Gasteiger partial charge is 0.244 e. The molecule has 1 aromatic carbocycles. The molecule has 1 aromatic rings. The van der Waals surface area contributed by atoms with Crippen molar-refractivity contribution in [1.29, 1.82) is 0 Å². The van der Waals surface area contributed by atoms with Crippen LogP contribution in [0.3, 0.4) is 0 Å². The van der Waals surface area contributed by atoms with E-state index in [0.717, 1.165) is 17.4 Å². The molecule has 0 aromatic heterocycles. The number of carboxylic acid groups (broad SMARTS) is 1. The predicted molar refractivity (Wildman–Crippen MR) is 63.9 cm³/mol. The van der Waals surface area contributed by atoms with Crippen molar-refractivity contribution in [2.24, 2.45) is 0 Å². The Balaban J connectivity index is 2.32. The molecule has 0 saturated carbocycles. The van der Waals surface area contributed by atoms with E-state index in [4.69, 9.17) is 4.74 Å². The summed E-state index contributed by atoms with van der Waals surface area (Å²) in [5.41, 5.74) is 1.06. The zero-order chi connectivity index (χ0) is 13.4. The first-order valence-corrected chi connectivity index (χ1v) is 5.41. The van der Waals surface area contributed by atoms with E-state index in [1.54, 1.807) is 7.11 Å². The third-order valence-electron chi connectivity index (χ3n) is 2.24. The van der Waals surface area contributed by atoms with Gasteiger partial charge < -0.3 is 20.0 Å². The van der Waals surface area contributed by atoms with E-state index in [1.807, 2.05) is 24.3 Å². The highest BCUT2D eigenvalue weighted by molar-refractivity contribution is 5.93. The number of hydrogen-bond acceptors (Lipinski definition) is 4. The van der Waals surface area contributed by atoms with Crippen molar-refractivity contribution in [3.63, 3.8) is 0 Å². The van der Waals surface area contributed by atoms with E-state index < -0.39 is 11.9 Å². The Bertz CT molecular complexity index is 437. The highest BCUT2D eigenvalue weighted by Gasteiger charge is 1.97. The summed E-state index contributed by atoms with van der Waals surface area (Å²) >= 11 is 0. The number of ether oxygens (including phenoxy) is 1. The minimum atomic E-state index is -1.39. The zero-order valence-corrected chi connectivity index (χ0v) is 10.0. The molecule has 0 bridgehead atoms. The van der Waals surface area contributed by atoms with Gasteiger partial charge in [-0.25, -0.2) is 0 Å². The summed E-state index contributed by atoms with van der Waals surface area (Å²) < 4.78 is 5.03. The fourth-order valence-corrected chi connectivity index (χ4v) is 1.32.